The maximum absolute atomic E-state index is 11.8. The molecule has 174 valence electrons. The van der Waals surface area contributed by atoms with Crippen LogP contribution in [0.4, 0.5) is 0 Å². The molecule has 0 unspecified atom stereocenters. The Kier molecular flexibility index (Phi) is 9.71. The molecule has 2 saturated heterocycles. The summed E-state index contributed by atoms with van der Waals surface area (Å²) >= 11 is 3.74. The average molecular weight is 494 g/mol. The van der Waals surface area contributed by atoms with Crippen molar-refractivity contribution in [2.45, 2.75) is 78.2 Å². The summed E-state index contributed by atoms with van der Waals surface area (Å²) in [5, 5.41) is 0. The van der Waals surface area contributed by atoms with Crippen LogP contribution in [-0.2, 0) is 11.2 Å². The average Bonchev–Trinajstić information content (AvgIpc) is 2.77. The molecule has 0 atom stereocenters. The van der Waals surface area contributed by atoms with E-state index in [9.17, 15) is 4.79 Å². The Labute approximate surface area is 197 Å². The van der Waals surface area contributed by atoms with E-state index >= 15 is 0 Å². The van der Waals surface area contributed by atoms with Gasteiger partial charge in [0.1, 0.15) is 5.75 Å². The van der Waals surface area contributed by atoms with Crippen LogP contribution in [0.15, 0.2) is 22.7 Å². The maximum atomic E-state index is 11.8. The fourth-order valence-electron chi connectivity index (χ4n) is 5.08. The maximum Gasteiger partial charge on any atom is 0.222 e. The van der Waals surface area contributed by atoms with Crippen LogP contribution in [0.5, 0.6) is 5.75 Å². The first-order valence-corrected chi connectivity index (χ1v) is 13.2. The number of carbonyl (C=O) groups is 1. The van der Waals surface area contributed by atoms with Crippen LogP contribution < -0.4 is 4.74 Å². The predicted molar refractivity (Wildman–Crippen MR) is 132 cm³/mol. The molecular formula is C26H41BrN2O2. The van der Waals surface area contributed by atoms with Crippen LogP contribution in [0.25, 0.3) is 0 Å². The van der Waals surface area contributed by atoms with Gasteiger partial charge in [-0.3, -0.25) is 4.79 Å². The predicted octanol–water partition coefficient (Wildman–Crippen LogP) is 5.92. The minimum absolute atomic E-state index is 0.212. The third-order valence-electron chi connectivity index (χ3n) is 6.96. The highest BCUT2D eigenvalue weighted by Gasteiger charge is 2.23. The smallest absolute Gasteiger partial charge is 0.222 e. The molecule has 0 bridgehead atoms. The zero-order valence-electron chi connectivity index (χ0n) is 19.7. The lowest BCUT2D eigenvalue weighted by Crippen LogP contribution is -2.38. The van der Waals surface area contributed by atoms with Gasteiger partial charge in [0.2, 0.25) is 5.91 Å². The van der Waals surface area contributed by atoms with Crippen molar-refractivity contribution in [3.63, 3.8) is 0 Å². The molecule has 0 N–H and O–H groups in total. The third-order valence-corrected chi connectivity index (χ3v) is 7.73. The number of rotatable bonds is 9. The van der Waals surface area contributed by atoms with Gasteiger partial charge >= 0.3 is 0 Å². The van der Waals surface area contributed by atoms with Gasteiger partial charge in [-0.15, -0.1) is 0 Å². The van der Waals surface area contributed by atoms with E-state index in [0.717, 1.165) is 37.1 Å². The minimum Gasteiger partial charge on any atom is -0.491 e. The largest absolute Gasteiger partial charge is 0.491 e. The van der Waals surface area contributed by atoms with Crippen molar-refractivity contribution < 1.29 is 9.53 Å². The quantitative estimate of drug-likeness (QED) is 0.428. The van der Waals surface area contributed by atoms with E-state index in [1.165, 1.54) is 68.2 Å². The molecular weight excluding hydrogens is 452 g/mol. The topological polar surface area (TPSA) is 32.8 Å². The van der Waals surface area contributed by atoms with Crippen LogP contribution >= 0.6 is 15.9 Å². The molecule has 0 saturated carbocycles. The van der Waals surface area contributed by atoms with Gasteiger partial charge in [0, 0.05) is 24.0 Å². The van der Waals surface area contributed by atoms with Crippen LogP contribution in [0, 0.1) is 11.8 Å². The van der Waals surface area contributed by atoms with Crippen LogP contribution in [0.1, 0.15) is 71.3 Å². The third kappa shape index (κ3) is 7.78. The molecule has 5 heteroatoms. The Morgan fingerprint density at radius 3 is 2.42 bits per heavy atom. The standard InChI is InChI=1S/C26H41BrN2O2/c1-4-26(30)29-16-11-21(12-17-29)6-5-13-28-14-9-22(10-15-28)18-23-19-24(31-20(2)3)7-8-25(23)27/h7-8,19-22H,4-6,9-18H2,1-3H3. The first-order valence-electron chi connectivity index (χ1n) is 12.4. The molecule has 31 heavy (non-hydrogen) atoms. The first-order chi connectivity index (χ1) is 14.9. The van der Waals surface area contributed by atoms with E-state index in [1.54, 1.807) is 0 Å². The van der Waals surface area contributed by atoms with Gasteiger partial charge in [0.15, 0.2) is 0 Å². The lowest BCUT2D eigenvalue weighted by Gasteiger charge is -2.34. The summed E-state index contributed by atoms with van der Waals surface area (Å²) in [5.74, 6) is 2.89. The zero-order valence-corrected chi connectivity index (χ0v) is 21.3. The minimum atomic E-state index is 0.212. The van der Waals surface area contributed by atoms with Crippen molar-refractivity contribution in [2.24, 2.45) is 11.8 Å². The lowest BCUT2D eigenvalue weighted by molar-refractivity contribution is -0.132. The molecule has 1 aromatic carbocycles. The Morgan fingerprint density at radius 1 is 1.10 bits per heavy atom. The van der Waals surface area contributed by atoms with Crippen molar-refractivity contribution in [2.75, 3.05) is 32.7 Å². The molecule has 3 rings (SSSR count). The molecule has 2 fully saturated rings. The van der Waals surface area contributed by atoms with Crippen molar-refractivity contribution >= 4 is 21.8 Å². The van der Waals surface area contributed by atoms with Crippen molar-refractivity contribution in [3.8, 4) is 5.75 Å². The molecule has 0 spiro atoms. The lowest BCUT2D eigenvalue weighted by atomic mass is 9.89. The number of benzene rings is 1. The molecule has 2 aliphatic heterocycles. The van der Waals surface area contributed by atoms with Gasteiger partial charge in [0.25, 0.3) is 0 Å². The number of nitrogens with zero attached hydrogens (tertiary/aromatic N) is 2. The van der Waals surface area contributed by atoms with Crippen molar-refractivity contribution in [1.29, 1.82) is 0 Å². The molecule has 1 aromatic rings. The Hall–Kier alpha value is -1.07. The molecule has 2 heterocycles. The highest BCUT2D eigenvalue weighted by atomic mass is 79.9. The summed E-state index contributed by atoms with van der Waals surface area (Å²) in [6, 6.07) is 6.41. The summed E-state index contributed by atoms with van der Waals surface area (Å²) in [6.07, 6.45) is 9.60. The first kappa shape index (κ1) is 24.6. The number of carbonyl (C=O) groups excluding carboxylic acids is 1. The molecule has 2 aliphatic rings. The Balaban J connectivity index is 1.34. The second-order valence-electron chi connectivity index (χ2n) is 9.73. The number of ether oxygens (including phenoxy) is 1. The molecule has 0 aliphatic carbocycles. The SMILES string of the molecule is CCC(=O)N1CCC(CCCN2CCC(Cc3cc(OC(C)C)ccc3Br)CC2)CC1. The fourth-order valence-corrected chi connectivity index (χ4v) is 5.48. The summed E-state index contributed by atoms with van der Waals surface area (Å²) in [4.78, 5) is 16.5. The van der Waals surface area contributed by atoms with E-state index < -0.39 is 0 Å². The van der Waals surface area contributed by atoms with Gasteiger partial charge in [-0.1, -0.05) is 22.9 Å². The zero-order chi connectivity index (χ0) is 22.2. The Bertz CT molecular complexity index is 693. The van der Waals surface area contributed by atoms with Crippen LogP contribution in [-0.4, -0.2) is 54.5 Å². The summed E-state index contributed by atoms with van der Waals surface area (Å²) in [5.41, 5.74) is 1.38. The number of hydrogen-bond acceptors (Lipinski definition) is 3. The van der Waals surface area contributed by atoms with E-state index in [0.29, 0.717) is 12.3 Å². The highest BCUT2D eigenvalue weighted by molar-refractivity contribution is 9.10. The molecule has 4 nitrogen and oxygen atoms in total. The van der Waals surface area contributed by atoms with Gasteiger partial charge < -0.3 is 14.5 Å². The Morgan fingerprint density at radius 2 is 1.77 bits per heavy atom. The van der Waals surface area contributed by atoms with Gasteiger partial charge in [0.05, 0.1) is 6.10 Å². The number of piperidine rings is 2. The van der Waals surface area contributed by atoms with E-state index in [1.807, 2.05) is 6.92 Å². The monoisotopic (exact) mass is 492 g/mol. The summed E-state index contributed by atoms with van der Waals surface area (Å²) < 4.78 is 7.09. The normalized spacial score (nSPS) is 19.2. The number of hydrogen-bond donors (Lipinski definition) is 0. The number of amides is 1. The van der Waals surface area contributed by atoms with E-state index in [4.69, 9.17) is 4.74 Å². The summed E-state index contributed by atoms with van der Waals surface area (Å²) in [6.45, 7) is 11.8. The number of likely N-dealkylation sites (tertiary alicyclic amines) is 2. The van der Waals surface area contributed by atoms with Gasteiger partial charge in [-0.2, -0.15) is 0 Å². The second kappa shape index (κ2) is 12.2. The van der Waals surface area contributed by atoms with Gasteiger partial charge in [-0.05, 0) is 114 Å². The van der Waals surface area contributed by atoms with E-state index in [2.05, 4.69) is 57.8 Å². The van der Waals surface area contributed by atoms with E-state index in [-0.39, 0.29) is 6.10 Å². The van der Waals surface area contributed by atoms with Crippen LogP contribution in [0.3, 0.4) is 0 Å². The van der Waals surface area contributed by atoms with Crippen LogP contribution in [0.2, 0.25) is 0 Å². The van der Waals surface area contributed by atoms with Crippen molar-refractivity contribution in [3.05, 3.63) is 28.2 Å². The molecule has 0 aromatic heterocycles. The number of halogens is 1. The summed E-state index contributed by atoms with van der Waals surface area (Å²) in [7, 11) is 0. The molecule has 0 radical (unpaired) electrons. The fraction of sp³-hybridized carbons (Fsp3) is 0.731. The van der Waals surface area contributed by atoms with Crippen molar-refractivity contribution in [1.82, 2.24) is 9.80 Å². The highest BCUT2D eigenvalue weighted by Crippen LogP contribution is 2.29. The van der Waals surface area contributed by atoms with Gasteiger partial charge in [-0.25, -0.2) is 0 Å². The molecule has 1 amide bonds. The second-order valence-corrected chi connectivity index (χ2v) is 10.6.